The number of hydrogen-bond acceptors (Lipinski definition) is 3. The van der Waals surface area contributed by atoms with Crippen molar-refractivity contribution in [2.75, 3.05) is 31.5 Å². The van der Waals surface area contributed by atoms with Crippen molar-refractivity contribution in [3.63, 3.8) is 0 Å². The van der Waals surface area contributed by atoms with Gasteiger partial charge in [0.15, 0.2) is 0 Å². The van der Waals surface area contributed by atoms with Gasteiger partial charge in [-0.25, -0.2) is 0 Å². The smallest absolute Gasteiger partial charge is 0.244 e. The molecule has 2 amide bonds. The Balaban J connectivity index is 0.00000288. The molecule has 134 valence electrons. The fourth-order valence-corrected chi connectivity index (χ4v) is 2.96. The number of carbonyl (C=O) groups excluding carboxylic acids is 2. The number of rotatable bonds is 6. The largest absolute Gasteiger partial charge is 0.333 e. The van der Waals surface area contributed by atoms with Crippen molar-refractivity contribution >= 4 is 53.1 Å². The zero-order chi connectivity index (χ0) is 17.0. The average molecular weight is 395 g/mol. The monoisotopic (exact) mass is 393 g/mol. The predicted molar refractivity (Wildman–Crippen MR) is 100 cm³/mol. The summed E-state index contributed by atoms with van der Waals surface area (Å²) in [7, 11) is 0. The highest BCUT2D eigenvalue weighted by atomic mass is 35.5. The van der Waals surface area contributed by atoms with Crippen LogP contribution in [0.5, 0.6) is 0 Å². The second-order valence-corrected chi connectivity index (χ2v) is 6.52. The van der Waals surface area contributed by atoms with Crippen LogP contribution < -0.4 is 10.6 Å². The standard InChI is InChI=1S/C16H21Cl2N3O2.ClH/c1-3-21(16(23)10(2)11-7-19-8-11)9-14(22)20-15-12(17)5-4-6-13(15)18;/h4-6,10-11,19H,3,7-9H2,1-2H3,(H,20,22);1H. The highest BCUT2D eigenvalue weighted by Crippen LogP contribution is 2.29. The Morgan fingerprint density at radius 2 is 1.92 bits per heavy atom. The van der Waals surface area contributed by atoms with Gasteiger partial charge in [0.1, 0.15) is 0 Å². The molecule has 0 saturated carbocycles. The van der Waals surface area contributed by atoms with Crippen LogP contribution in [0, 0.1) is 11.8 Å². The first-order chi connectivity index (χ1) is 10.9. The van der Waals surface area contributed by atoms with Gasteiger partial charge in [-0.15, -0.1) is 12.4 Å². The predicted octanol–water partition coefficient (Wildman–Crippen LogP) is 3.06. The fourth-order valence-electron chi connectivity index (χ4n) is 2.47. The van der Waals surface area contributed by atoms with Crippen LogP contribution in [0.25, 0.3) is 0 Å². The first kappa shape index (κ1) is 21.0. The molecule has 1 aromatic rings. The molecule has 1 heterocycles. The van der Waals surface area contributed by atoms with E-state index in [4.69, 9.17) is 23.2 Å². The van der Waals surface area contributed by atoms with Crippen LogP contribution in [0.1, 0.15) is 13.8 Å². The van der Waals surface area contributed by atoms with Crippen molar-refractivity contribution < 1.29 is 9.59 Å². The summed E-state index contributed by atoms with van der Waals surface area (Å²) in [5.74, 6) is -0.0564. The van der Waals surface area contributed by atoms with Gasteiger partial charge in [-0.1, -0.05) is 36.2 Å². The summed E-state index contributed by atoms with van der Waals surface area (Å²) >= 11 is 12.1. The Hall–Kier alpha value is -1.01. The molecular formula is C16H22Cl3N3O2. The lowest BCUT2D eigenvalue weighted by molar-refractivity contribution is -0.139. The second kappa shape index (κ2) is 9.47. The Bertz CT molecular complexity index is 574. The van der Waals surface area contributed by atoms with E-state index in [9.17, 15) is 9.59 Å². The lowest BCUT2D eigenvalue weighted by Crippen LogP contribution is -2.51. The molecule has 1 aliphatic rings. The number of anilines is 1. The molecule has 1 aromatic carbocycles. The molecule has 1 fully saturated rings. The van der Waals surface area contributed by atoms with Crippen molar-refractivity contribution in [1.82, 2.24) is 10.2 Å². The SMILES string of the molecule is CCN(CC(=O)Nc1c(Cl)cccc1Cl)C(=O)C(C)C1CNC1.Cl. The van der Waals surface area contributed by atoms with Crippen molar-refractivity contribution in [3.05, 3.63) is 28.2 Å². The normalized spacial score (nSPS) is 15.0. The minimum atomic E-state index is -0.311. The second-order valence-electron chi connectivity index (χ2n) is 5.70. The van der Waals surface area contributed by atoms with Gasteiger partial charge < -0.3 is 15.5 Å². The summed E-state index contributed by atoms with van der Waals surface area (Å²) in [6, 6.07) is 5.01. The Morgan fingerprint density at radius 3 is 2.38 bits per heavy atom. The summed E-state index contributed by atoms with van der Waals surface area (Å²) in [6.07, 6.45) is 0. The molecule has 0 bridgehead atoms. The maximum atomic E-state index is 12.5. The van der Waals surface area contributed by atoms with Crippen LogP contribution in [0.2, 0.25) is 10.0 Å². The highest BCUT2D eigenvalue weighted by Gasteiger charge is 2.31. The van der Waals surface area contributed by atoms with Crippen molar-refractivity contribution in [3.8, 4) is 0 Å². The van der Waals surface area contributed by atoms with Gasteiger partial charge in [-0.2, -0.15) is 0 Å². The zero-order valence-electron chi connectivity index (χ0n) is 13.6. The first-order valence-corrected chi connectivity index (χ1v) is 8.43. The van der Waals surface area contributed by atoms with Gasteiger partial charge in [0.2, 0.25) is 11.8 Å². The molecule has 0 aliphatic carbocycles. The molecule has 1 saturated heterocycles. The summed E-state index contributed by atoms with van der Waals surface area (Å²) in [5, 5.41) is 6.58. The number of para-hydroxylation sites is 1. The van der Waals surface area contributed by atoms with Crippen molar-refractivity contribution in [2.45, 2.75) is 13.8 Å². The molecule has 2 N–H and O–H groups in total. The summed E-state index contributed by atoms with van der Waals surface area (Å²) in [5.41, 5.74) is 0.376. The molecule has 8 heteroatoms. The third-order valence-corrected chi connectivity index (χ3v) is 4.79. The Kier molecular flexibility index (Phi) is 8.30. The Labute approximate surface area is 158 Å². The van der Waals surface area contributed by atoms with E-state index in [-0.39, 0.29) is 36.7 Å². The number of carbonyl (C=O) groups is 2. The van der Waals surface area contributed by atoms with E-state index in [1.165, 1.54) is 0 Å². The molecule has 2 rings (SSSR count). The minimum absolute atomic E-state index is 0. The van der Waals surface area contributed by atoms with E-state index in [0.29, 0.717) is 28.2 Å². The van der Waals surface area contributed by atoms with Gasteiger partial charge in [-0.3, -0.25) is 9.59 Å². The number of likely N-dealkylation sites (N-methyl/N-ethyl adjacent to an activating group) is 1. The molecular weight excluding hydrogens is 373 g/mol. The molecule has 1 atom stereocenters. The first-order valence-electron chi connectivity index (χ1n) is 7.67. The van der Waals surface area contributed by atoms with E-state index >= 15 is 0 Å². The third kappa shape index (κ3) is 4.99. The molecule has 0 radical (unpaired) electrons. The lowest BCUT2D eigenvalue weighted by atomic mass is 9.88. The van der Waals surface area contributed by atoms with E-state index in [2.05, 4.69) is 10.6 Å². The van der Waals surface area contributed by atoms with E-state index < -0.39 is 0 Å². The van der Waals surface area contributed by atoms with E-state index in [1.54, 1.807) is 23.1 Å². The van der Waals surface area contributed by atoms with Crippen LogP contribution in [-0.2, 0) is 9.59 Å². The van der Waals surface area contributed by atoms with E-state index in [0.717, 1.165) is 13.1 Å². The maximum Gasteiger partial charge on any atom is 0.244 e. The molecule has 1 unspecified atom stereocenters. The minimum Gasteiger partial charge on any atom is -0.333 e. The molecule has 0 aromatic heterocycles. The van der Waals surface area contributed by atoms with Crippen LogP contribution in [0.15, 0.2) is 18.2 Å². The van der Waals surface area contributed by atoms with Crippen LogP contribution in [0.4, 0.5) is 5.69 Å². The van der Waals surface area contributed by atoms with Gasteiger partial charge in [-0.05, 0) is 38.1 Å². The zero-order valence-corrected chi connectivity index (χ0v) is 16.0. The molecule has 5 nitrogen and oxygen atoms in total. The molecule has 0 spiro atoms. The maximum absolute atomic E-state index is 12.5. The quantitative estimate of drug-likeness (QED) is 0.779. The topological polar surface area (TPSA) is 61.4 Å². The van der Waals surface area contributed by atoms with Gasteiger partial charge in [0.05, 0.1) is 22.3 Å². The Morgan fingerprint density at radius 1 is 1.33 bits per heavy atom. The summed E-state index contributed by atoms with van der Waals surface area (Å²) in [6.45, 7) is 5.95. The van der Waals surface area contributed by atoms with Crippen molar-refractivity contribution in [2.24, 2.45) is 11.8 Å². The fraction of sp³-hybridized carbons (Fsp3) is 0.500. The number of hydrogen-bond donors (Lipinski definition) is 2. The van der Waals surface area contributed by atoms with E-state index in [1.807, 2.05) is 13.8 Å². The number of nitrogens with one attached hydrogen (secondary N) is 2. The van der Waals surface area contributed by atoms with Crippen LogP contribution >= 0.6 is 35.6 Å². The van der Waals surface area contributed by atoms with Crippen LogP contribution in [-0.4, -0.2) is 42.9 Å². The van der Waals surface area contributed by atoms with Crippen LogP contribution in [0.3, 0.4) is 0 Å². The molecule has 24 heavy (non-hydrogen) atoms. The van der Waals surface area contributed by atoms with Gasteiger partial charge >= 0.3 is 0 Å². The summed E-state index contributed by atoms with van der Waals surface area (Å²) in [4.78, 5) is 26.3. The average Bonchev–Trinajstić information content (AvgIpc) is 2.46. The van der Waals surface area contributed by atoms with Crippen molar-refractivity contribution in [1.29, 1.82) is 0 Å². The number of benzene rings is 1. The number of amides is 2. The van der Waals surface area contributed by atoms with Gasteiger partial charge in [0.25, 0.3) is 0 Å². The number of nitrogens with zero attached hydrogens (tertiary/aromatic N) is 1. The summed E-state index contributed by atoms with van der Waals surface area (Å²) < 4.78 is 0. The third-order valence-electron chi connectivity index (χ3n) is 4.16. The lowest BCUT2D eigenvalue weighted by Gasteiger charge is -2.34. The number of halogens is 3. The highest BCUT2D eigenvalue weighted by molar-refractivity contribution is 6.39. The van der Waals surface area contributed by atoms with Gasteiger partial charge in [0, 0.05) is 12.5 Å². The molecule has 1 aliphatic heterocycles.